The molecule has 0 saturated carbocycles. The first-order valence-corrected chi connectivity index (χ1v) is 8.28. The first-order valence-electron chi connectivity index (χ1n) is 7.47. The zero-order valence-corrected chi connectivity index (χ0v) is 14.6. The summed E-state index contributed by atoms with van der Waals surface area (Å²) in [5, 5.41) is 6.67. The average Bonchev–Trinajstić information content (AvgIpc) is 2.82. The molecule has 0 bridgehead atoms. The van der Waals surface area contributed by atoms with Gasteiger partial charge in [0.25, 0.3) is 5.91 Å². The second-order valence-corrected chi connectivity index (χ2v) is 6.19. The van der Waals surface area contributed by atoms with Gasteiger partial charge in [-0.2, -0.15) is 4.98 Å². The number of aromatic nitrogens is 3. The van der Waals surface area contributed by atoms with Crippen LogP contribution in [0.4, 0.5) is 5.13 Å². The van der Waals surface area contributed by atoms with Crippen LogP contribution in [-0.2, 0) is 6.54 Å². The Kier molecular flexibility index (Phi) is 5.49. The SMILES string of the molecule is CCNc1nc(C)c(C(=O)NCCn2c(C)cc(C)nc2=O)s1. The number of nitrogens with one attached hydrogen (secondary N) is 2. The van der Waals surface area contributed by atoms with Crippen LogP contribution in [-0.4, -0.2) is 33.5 Å². The summed E-state index contributed by atoms with van der Waals surface area (Å²) < 4.78 is 1.55. The van der Waals surface area contributed by atoms with Crippen LogP contribution in [0.5, 0.6) is 0 Å². The van der Waals surface area contributed by atoms with E-state index < -0.39 is 0 Å². The predicted molar refractivity (Wildman–Crippen MR) is 91.3 cm³/mol. The number of nitrogens with zero attached hydrogens (tertiary/aromatic N) is 3. The molecular weight excluding hydrogens is 314 g/mol. The van der Waals surface area contributed by atoms with Gasteiger partial charge in [0.1, 0.15) is 4.88 Å². The molecule has 0 saturated heterocycles. The van der Waals surface area contributed by atoms with E-state index in [4.69, 9.17) is 0 Å². The zero-order valence-electron chi connectivity index (χ0n) is 13.8. The van der Waals surface area contributed by atoms with Gasteiger partial charge < -0.3 is 10.6 Å². The summed E-state index contributed by atoms with van der Waals surface area (Å²) in [5.74, 6) is -0.171. The molecule has 0 aliphatic heterocycles. The number of hydrogen-bond acceptors (Lipinski definition) is 6. The lowest BCUT2D eigenvalue weighted by Crippen LogP contribution is -2.33. The lowest BCUT2D eigenvalue weighted by molar-refractivity contribution is 0.0955. The van der Waals surface area contributed by atoms with E-state index in [0.29, 0.717) is 29.4 Å². The van der Waals surface area contributed by atoms with Gasteiger partial charge in [-0.05, 0) is 33.8 Å². The van der Waals surface area contributed by atoms with Crippen LogP contribution in [0.1, 0.15) is 33.7 Å². The number of thiazole rings is 1. The summed E-state index contributed by atoms with van der Waals surface area (Å²) in [6.07, 6.45) is 0. The smallest absolute Gasteiger partial charge is 0.348 e. The number of carbonyl (C=O) groups is 1. The Bertz CT molecular complexity index is 766. The van der Waals surface area contributed by atoms with Crippen molar-refractivity contribution in [2.75, 3.05) is 18.4 Å². The fourth-order valence-electron chi connectivity index (χ4n) is 2.24. The van der Waals surface area contributed by atoms with Gasteiger partial charge in [0.15, 0.2) is 5.13 Å². The third kappa shape index (κ3) is 4.16. The molecule has 2 heterocycles. The molecule has 0 spiro atoms. The highest BCUT2D eigenvalue weighted by atomic mass is 32.1. The van der Waals surface area contributed by atoms with Crippen molar-refractivity contribution in [2.45, 2.75) is 34.2 Å². The molecule has 23 heavy (non-hydrogen) atoms. The van der Waals surface area contributed by atoms with Crippen LogP contribution >= 0.6 is 11.3 Å². The topological polar surface area (TPSA) is 88.9 Å². The van der Waals surface area contributed by atoms with E-state index in [-0.39, 0.29) is 11.6 Å². The largest absolute Gasteiger partial charge is 0.362 e. The van der Waals surface area contributed by atoms with Crippen molar-refractivity contribution in [1.29, 1.82) is 0 Å². The maximum Gasteiger partial charge on any atom is 0.348 e. The number of amides is 1. The van der Waals surface area contributed by atoms with Crippen molar-refractivity contribution in [1.82, 2.24) is 19.9 Å². The summed E-state index contributed by atoms with van der Waals surface area (Å²) in [7, 11) is 0. The van der Waals surface area contributed by atoms with Crippen LogP contribution < -0.4 is 16.3 Å². The Hall–Kier alpha value is -2.22. The molecular formula is C15H21N5O2S. The highest BCUT2D eigenvalue weighted by Crippen LogP contribution is 2.22. The van der Waals surface area contributed by atoms with Crippen molar-refractivity contribution in [3.8, 4) is 0 Å². The number of anilines is 1. The maximum absolute atomic E-state index is 12.2. The molecule has 7 nitrogen and oxygen atoms in total. The van der Waals surface area contributed by atoms with Crippen molar-refractivity contribution in [3.63, 3.8) is 0 Å². The second-order valence-electron chi connectivity index (χ2n) is 5.19. The van der Waals surface area contributed by atoms with E-state index >= 15 is 0 Å². The van der Waals surface area contributed by atoms with Crippen LogP contribution in [0.25, 0.3) is 0 Å². The molecule has 0 fully saturated rings. The number of rotatable bonds is 6. The zero-order chi connectivity index (χ0) is 17.0. The van der Waals surface area contributed by atoms with Gasteiger partial charge in [0.2, 0.25) is 0 Å². The molecule has 1 amide bonds. The lowest BCUT2D eigenvalue weighted by Gasteiger charge is -2.10. The number of carbonyl (C=O) groups excluding carboxylic acids is 1. The van der Waals surface area contributed by atoms with E-state index in [9.17, 15) is 9.59 Å². The molecule has 2 aromatic rings. The Labute approximate surface area is 138 Å². The van der Waals surface area contributed by atoms with E-state index in [1.54, 1.807) is 11.5 Å². The Morgan fingerprint density at radius 1 is 1.30 bits per heavy atom. The van der Waals surface area contributed by atoms with E-state index in [2.05, 4.69) is 20.6 Å². The minimum absolute atomic E-state index is 0.171. The molecule has 0 aliphatic carbocycles. The van der Waals surface area contributed by atoms with Crippen molar-refractivity contribution >= 4 is 22.4 Å². The highest BCUT2D eigenvalue weighted by molar-refractivity contribution is 7.17. The first-order chi connectivity index (χ1) is 10.9. The third-order valence-corrected chi connectivity index (χ3v) is 4.41. The van der Waals surface area contributed by atoms with Crippen molar-refractivity contribution in [2.24, 2.45) is 0 Å². The molecule has 0 aliphatic rings. The standard InChI is InChI=1S/C15H21N5O2S/c1-5-16-14-19-11(4)12(23-14)13(21)17-6-7-20-10(3)8-9(2)18-15(20)22/h8H,5-7H2,1-4H3,(H,16,19)(H,17,21). The summed E-state index contributed by atoms with van der Waals surface area (Å²) in [6.45, 7) is 8.94. The van der Waals surface area contributed by atoms with Crippen molar-refractivity contribution in [3.05, 3.63) is 38.5 Å². The molecule has 8 heteroatoms. The number of hydrogen-bond donors (Lipinski definition) is 2. The van der Waals surface area contributed by atoms with Gasteiger partial charge >= 0.3 is 5.69 Å². The fraction of sp³-hybridized carbons (Fsp3) is 0.467. The minimum atomic E-state index is -0.292. The van der Waals surface area contributed by atoms with Crippen LogP contribution in [0, 0.1) is 20.8 Å². The first kappa shape index (κ1) is 17.1. The molecule has 0 atom stereocenters. The molecule has 2 rings (SSSR count). The van der Waals surface area contributed by atoms with Crippen molar-refractivity contribution < 1.29 is 4.79 Å². The summed E-state index contributed by atoms with van der Waals surface area (Å²) in [5.41, 5.74) is 1.94. The second kappa shape index (κ2) is 7.36. The van der Waals surface area contributed by atoms with Gasteiger partial charge in [0.05, 0.1) is 5.69 Å². The van der Waals surface area contributed by atoms with Gasteiger partial charge in [-0.15, -0.1) is 0 Å². The lowest BCUT2D eigenvalue weighted by atomic mass is 10.3. The molecule has 0 unspecified atom stereocenters. The van der Waals surface area contributed by atoms with E-state index in [1.807, 2.05) is 26.8 Å². The number of aryl methyl sites for hydroxylation is 3. The van der Waals surface area contributed by atoms with E-state index in [1.165, 1.54) is 11.3 Å². The van der Waals surface area contributed by atoms with Gasteiger partial charge in [-0.3, -0.25) is 9.36 Å². The van der Waals surface area contributed by atoms with Crippen LogP contribution in [0.15, 0.2) is 10.9 Å². The van der Waals surface area contributed by atoms with Gasteiger partial charge in [0, 0.05) is 31.0 Å². The minimum Gasteiger partial charge on any atom is -0.362 e. The van der Waals surface area contributed by atoms with Gasteiger partial charge in [-0.25, -0.2) is 9.78 Å². The monoisotopic (exact) mass is 335 g/mol. The molecule has 2 N–H and O–H groups in total. The highest BCUT2D eigenvalue weighted by Gasteiger charge is 2.14. The van der Waals surface area contributed by atoms with Crippen LogP contribution in [0.2, 0.25) is 0 Å². The maximum atomic E-state index is 12.2. The Morgan fingerprint density at radius 2 is 2.04 bits per heavy atom. The average molecular weight is 335 g/mol. The summed E-state index contributed by atoms with van der Waals surface area (Å²) >= 11 is 1.33. The van der Waals surface area contributed by atoms with Gasteiger partial charge in [-0.1, -0.05) is 11.3 Å². The van der Waals surface area contributed by atoms with E-state index in [0.717, 1.165) is 17.4 Å². The Morgan fingerprint density at radius 3 is 2.70 bits per heavy atom. The normalized spacial score (nSPS) is 10.6. The molecule has 0 aromatic carbocycles. The third-order valence-electron chi connectivity index (χ3n) is 3.30. The Balaban J connectivity index is 1.99. The summed E-state index contributed by atoms with van der Waals surface area (Å²) in [4.78, 5) is 32.9. The predicted octanol–water partition coefficient (Wildman–Crippen LogP) is 1.49. The fourth-order valence-corrected chi connectivity index (χ4v) is 3.19. The molecule has 124 valence electrons. The quantitative estimate of drug-likeness (QED) is 0.835. The molecule has 0 radical (unpaired) electrons. The summed E-state index contributed by atoms with van der Waals surface area (Å²) in [6, 6.07) is 1.85. The molecule has 2 aromatic heterocycles. The van der Waals surface area contributed by atoms with Crippen LogP contribution in [0.3, 0.4) is 0 Å².